The average molecular weight is 247 g/mol. The van der Waals surface area contributed by atoms with Crippen molar-refractivity contribution in [1.82, 2.24) is 15.4 Å². The zero-order valence-corrected chi connectivity index (χ0v) is 9.15. The highest BCUT2D eigenvalue weighted by atomic mass is 19.3. The first kappa shape index (κ1) is 13.0. The van der Waals surface area contributed by atoms with Crippen molar-refractivity contribution in [3.05, 3.63) is 11.8 Å². The molecule has 1 heterocycles. The van der Waals surface area contributed by atoms with Crippen molar-refractivity contribution >= 4 is 11.9 Å². The molecule has 0 saturated carbocycles. The van der Waals surface area contributed by atoms with Gasteiger partial charge in [-0.1, -0.05) is 0 Å². The molecule has 17 heavy (non-hydrogen) atoms. The number of halogens is 2. The van der Waals surface area contributed by atoms with Crippen LogP contribution in [-0.2, 0) is 4.84 Å². The first-order valence-electron chi connectivity index (χ1n) is 4.45. The van der Waals surface area contributed by atoms with Crippen LogP contribution >= 0.6 is 0 Å². The molecule has 1 aromatic heterocycles. The molecule has 0 aliphatic carbocycles. The Labute approximate surface area is 95.6 Å². The van der Waals surface area contributed by atoms with Gasteiger partial charge in [0, 0.05) is 11.8 Å². The second-order valence-corrected chi connectivity index (χ2v) is 2.83. The van der Waals surface area contributed by atoms with Crippen molar-refractivity contribution in [2.24, 2.45) is 10.7 Å². The molecule has 7 nitrogen and oxygen atoms in total. The first-order valence-corrected chi connectivity index (χ1v) is 4.45. The van der Waals surface area contributed by atoms with Gasteiger partial charge in [-0.15, -0.1) is 0 Å². The van der Waals surface area contributed by atoms with E-state index in [0.29, 0.717) is 5.69 Å². The second-order valence-electron chi connectivity index (χ2n) is 2.83. The van der Waals surface area contributed by atoms with E-state index in [0.717, 1.165) is 0 Å². The molecule has 1 aromatic rings. The number of aliphatic imine (C=N–C) groups is 1. The van der Waals surface area contributed by atoms with Crippen LogP contribution in [0.25, 0.3) is 0 Å². The third-order valence-corrected chi connectivity index (χ3v) is 1.46. The summed E-state index contributed by atoms with van der Waals surface area (Å²) in [6.45, 7) is -1.38. The quantitative estimate of drug-likeness (QED) is 0.456. The van der Waals surface area contributed by atoms with Crippen molar-refractivity contribution in [2.45, 2.75) is 13.5 Å². The van der Waals surface area contributed by atoms with Gasteiger partial charge in [0.2, 0.25) is 11.8 Å². The molecule has 0 saturated heterocycles. The SMILES string of the molecule is CONC(N)=Nc1nc(C)cc(OC(F)F)n1. The summed E-state index contributed by atoms with van der Waals surface area (Å²) in [5.41, 5.74) is 8.01. The summed E-state index contributed by atoms with van der Waals surface area (Å²) in [6, 6.07) is 1.26. The molecule has 3 N–H and O–H groups in total. The molecule has 1 rings (SSSR count). The largest absolute Gasteiger partial charge is 0.417 e. The van der Waals surface area contributed by atoms with Gasteiger partial charge in [-0.2, -0.15) is 18.8 Å². The summed E-state index contributed by atoms with van der Waals surface area (Å²) in [7, 11) is 1.34. The fourth-order valence-corrected chi connectivity index (χ4v) is 0.961. The maximum absolute atomic E-state index is 12.0. The number of hydrogen-bond donors (Lipinski definition) is 2. The number of aryl methyl sites for hydroxylation is 1. The van der Waals surface area contributed by atoms with Gasteiger partial charge < -0.3 is 10.5 Å². The van der Waals surface area contributed by atoms with Crippen LogP contribution in [0.4, 0.5) is 14.7 Å². The molecule has 94 valence electrons. The van der Waals surface area contributed by atoms with Gasteiger partial charge in [-0.3, -0.25) is 4.84 Å². The van der Waals surface area contributed by atoms with Gasteiger partial charge in [-0.25, -0.2) is 10.5 Å². The van der Waals surface area contributed by atoms with E-state index in [4.69, 9.17) is 5.73 Å². The smallest absolute Gasteiger partial charge is 0.388 e. The summed E-state index contributed by atoms with van der Waals surface area (Å²) < 4.78 is 28.1. The number of nitrogens with one attached hydrogen (secondary N) is 1. The number of hydroxylamine groups is 1. The van der Waals surface area contributed by atoms with Crippen LogP contribution in [0.2, 0.25) is 0 Å². The van der Waals surface area contributed by atoms with Crippen LogP contribution < -0.4 is 16.0 Å². The lowest BCUT2D eigenvalue weighted by molar-refractivity contribution is -0.0528. The number of nitrogens with two attached hydrogens (primary N) is 1. The lowest BCUT2D eigenvalue weighted by atomic mass is 10.4. The molecule has 0 aliphatic rings. The fourth-order valence-electron chi connectivity index (χ4n) is 0.961. The van der Waals surface area contributed by atoms with E-state index in [9.17, 15) is 8.78 Å². The number of alkyl halides is 2. The minimum Gasteiger partial charge on any atom is -0.417 e. The van der Waals surface area contributed by atoms with Gasteiger partial charge in [0.1, 0.15) is 0 Å². The molecule has 0 aliphatic heterocycles. The molecule has 0 bridgehead atoms. The zero-order valence-electron chi connectivity index (χ0n) is 9.15. The number of rotatable bonds is 4. The van der Waals surface area contributed by atoms with Crippen molar-refractivity contribution in [3.8, 4) is 5.88 Å². The molecular weight excluding hydrogens is 236 g/mol. The topological polar surface area (TPSA) is 94.7 Å². The predicted molar refractivity (Wildman–Crippen MR) is 54.8 cm³/mol. The van der Waals surface area contributed by atoms with E-state index in [2.05, 4.69) is 30.0 Å². The number of guanidine groups is 1. The summed E-state index contributed by atoms with van der Waals surface area (Å²) in [5, 5.41) is 0. The highest BCUT2D eigenvalue weighted by Gasteiger charge is 2.08. The van der Waals surface area contributed by atoms with E-state index in [1.807, 2.05) is 0 Å². The lowest BCUT2D eigenvalue weighted by Crippen LogP contribution is -2.30. The molecule has 0 radical (unpaired) electrons. The molecule has 0 amide bonds. The normalized spacial score (nSPS) is 11.7. The van der Waals surface area contributed by atoms with Crippen LogP contribution in [0.3, 0.4) is 0 Å². The van der Waals surface area contributed by atoms with Crippen molar-refractivity contribution in [2.75, 3.05) is 7.11 Å². The first-order chi connectivity index (χ1) is 8.01. The average Bonchev–Trinajstić information content (AvgIpc) is 2.14. The van der Waals surface area contributed by atoms with Gasteiger partial charge in [0.05, 0.1) is 7.11 Å². The lowest BCUT2D eigenvalue weighted by Gasteiger charge is -2.05. The molecule has 0 aromatic carbocycles. The number of nitrogens with zero attached hydrogens (tertiary/aromatic N) is 3. The summed E-state index contributed by atoms with van der Waals surface area (Å²) in [4.78, 5) is 15.7. The summed E-state index contributed by atoms with van der Waals surface area (Å²) in [5.74, 6) is -0.500. The van der Waals surface area contributed by atoms with Gasteiger partial charge in [0.25, 0.3) is 5.95 Å². The Kier molecular flexibility index (Phi) is 4.52. The van der Waals surface area contributed by atoms with E-state index >= 15 is 0 Å². The standard InChI is InChI=1S/C8H11F2N5O2/c1-4-3-5(17-6(9)10)13-8(12-4)14-7(11)15-16-2/h3,6H,1-2H3,(H3,11,12,13,14,15). The van der Waals surface area contributed by atoms with E-state index in [-0.39, 0.29) is 17.8 Å². The van der Waals surface area contributed by atoms with Crippen molar-refractivity contribution < 1.29 is 18.4 Å². The Morgan fingerprint density at radius 1 is 1.53 bits per heavy atom. The number of ether oxygens (including phenoxy) is 1. The van der Waals surface area contributed by atoms with E-state index < -0.39 is 6.61 Å². The van der Waals surface area contributed by atoms with Gasteiger partial charge in [-0.05, 0) is 6.92 Å². The third-order valence-electron chi connectivity index (χ3n) is 1.46. The molecule has 0 spiro atoms. The summed E-state index contributed by atoms with van der Waals surface area (Å²) >= 11 is 0. The van der Waals surface area contributed by atoms with Crippen molar-refractivity contribution in [1.29, 1.82) is 0 Å². The maximum atomic E-state index is 12.0. The Hall–Kier alpha value is -2.03. The highest BCUT2D eigenvalue weighted by Crippen LogP contribution is 2.15. The Morgan fingerprint density at radius 3 is 2.82 bits per heavy atom. The van der Waals surface area contributed by atoms with Gasteiger partial charge >= 0.3 is 6.61 Å². The van der Waals surface area contributed by atoms with Crippen LogP contribution in [-0.4, -0.2) is 29.6 Å². The molecular formula is C8H11F2N5O2. The second kappa shape index (κ2) is 5.89. The fraction of sp³-hybridized carbons (Fsp3) is 0.375. The Morgan fingerprint density at radius 2 is 2.24 bits per heavy atom. The van der Waals surface area contributed by atoms with Crippen LogP contribution in [0.5, 0.6) is 5.88 Å². The predicted octanol–water partition coefficient (Wildman–Crippen LogP) is 0.484. The monoisotopic (exact) mass is 247 g/mol. The minimum absolute atomic E-state index is 0.109. The zero-order chi connectivity index (χ0) is 12.8. The van der Waals surface area contributed by atoms with Crippen LogP contribution in [0.15, 0.2) is 11.1 Å². The molecule has 0 unspecified atom stereocenters. The molecule has 0 fully saturated rings. The van der Waals surface area contributed by atoms with Crippen LogP contribution in [0, 0.1) is 6.92 Å². The highest BCUT2D eigenvalue weighted by molar-refractivity contribution is 5.78. The summed E-state index contributed by atoms with van der Waals surface area (Å²) in [6.07, 6.45) is 0. The van der Waals surface area contributed by atoms with E-state index in [1.165, 1.54) is 13.2 Å². The maximum Gasteiger partial charge on any atom is 0.388 e. The van der Waals surface area contributed by atoms with Crippen molar-refractivity contribution in [3.63, 3.8) is 0 Å². The number of aromatic nitrogens is 2. The van der Waals surface area contributed by atoms with Gasteiger partial charge in [0.15, 0.2) is 0 Å². The minimum atomic E-state index is -2.96. The third kappa shape index (κ3) is 4.55. The molecule has 9 heteroatoms. The Balaban J connectivity index is 2.93. The number of hydrogen-bond acceptors (Lipinski definition) is 5. The van der Waals surface area contributed by atoms with E-state index in [1.54, 1.807) is 6.92 Å². The van der Waals surface area contributed by atoms with Crippen LogP contribution in [0.1, 0.15) is 5.69 Å². The molecule has 0 atom stereocenters. The Bertz CT molecular complexity index is 413.